The predicted molar refractivity (Wildman–Crippen MR) is 141 cm³/mol. The van der Waals surface area contributed by atoms with Crippen LogP contribution in [0, 0.1) is 5.41 Å². The van der Waals surface area contributed by atoms with E-state index in [2.05, 4.69) is 29.9 Å². The summed E-state index contributed by atoms with van der Waals surface area (Å²) in [5, 5.41) is 0. The van der Waals surface area contributed by atoms with Gasteiger partial charge in [0.15, 0.2) is 16.6 Å². The van der Waals surface area contributed by atoms with Crippen molar-refractivity contribution in [2.75, 3.05) is 0 Å². The molecule has 0 fully saturated rings. The van der Waals surface area contributed by atoms with Crippen LogP contribution in [0.3, 0.4) is 0 Å². The molecule has 0 saturated heterocycles. The third kappa shape index (κ3) is 5.22. The van der Waals surface area contributed by atoms with Crippen molar-refractivity contribution in [1.29, 1.82) is 0 Å². The highest BCUT2D eigenvalue weighted by molar-refractivity contribution is 6.00. The highest BCUT2D eigenvalue weighted by atomic mass is 16.6. The molecule has 10 nitrogen and oxygen atoms in total. The molecule has 10 heteroatoms. The minimum atomic E-state index is -1.61. The number of nitrogens with zero attached hydrogens (tertiary/aromatic N) is 6. The highest BCUT2D eigenvalue weighted by Gasteiger charge is 2.52. The van der Waals surface area contributed by atoms with Crippen molar-refractivity contribution in [1.82, 2.24) is 29.9 Å². The summed E-state index contributed by atoms with van der Waals surface area (Å²) in [6.45, 7) is 6.97. The van der Waals surface area contributed by atoms with Gasteiger partial charge in [0, 0.05) is 48.3 Å². The summed E-state index contributed by atoms with van der Waals surface area (Å²) < 4.78 is 12.4. The number of carbonyl (C=O) groups excluding carboxylic acids is 2. The van der Waals surface area contributed by atoms with Crippen LogP contribution in [-0.2, 0) is 30.3 Å². The minimum Gasteiger partial charge on any atom is -0.447 e. The van der Waals surface area contributed by atoms with E-state index in [-0.39, 0.29) is 12.8 Å². The zero-order valence-electron chi connectivity index (χ0n) is 22.3. The smallest absolute Gasteiger partial charge is 0.324 e. The fraction of sp³-hybridized carbons (Fsp3) is 0.310. The summed E-state index contributed by atoms with van der Waals surface area (Å²) in [6.07, 6.45) is 12.6. The quantitative estimate of drug-likeness (QED) is 0.219. The van der Waals surface area contributed by atoms with E-state index in [1.54, 1.807) is 101 Å². The van der Waals surface area contributed by atoms with Gasteiger partial charge in [0.1, 0.15) is 12.7 Å². The molecule has 0 aliphatic rings. The Labute approximate surface area is 226 Å². The molecule has 0 aliphatic heterocycles. The first kappa shape index (κ1) is 27.4. The monoisotopic (exact) mass is 526 g/mol. The van der Waals surface area contributed by atoms with Gasteiger partial charge in [-0.2, -0.15) is 0 Å². The van der Waals surface area contributed by atoms with Gasteiger partial charge < -0.3 is 9.47 Å². The van der Waals surface area contributed by atoms with E-state index >= 15 is 0 Å². The van der Waals surface area contributed by atoms with Crippen LogP contribution >= 0.6 is 0 Å². The first-order valence-corrected chi connectivity index (χ1v) is 12.6. The number of aromatic nitrogens is 6. The number of rotatable bonds is 10. The first-order chi connectivity index (χ1) is 18.8. The second-order valence-corrected chi connectivity index (χ2v) is 9.30. The van der Waals surface area contributed by atoms with Crippen LogP contribution in [0.2, 0.25) is 0 Å². The van der Waals surface area contributed by atoms with Crippen LogP contribution < -0.4 is 0 Å². The second kappa shape index (κ2) is 11.4. The molecule has 0 amide bonds. The Balaban J connectivity index is 1.74. The summed E-state index contributed by atoms with van der Waals surface area (Å²) in [7, 11) is 0. The molecule has 0 N–H and O–H groups in total. The van der Waals surface area contributed by atoms with Crippen molar-refractivity contribution in [3.8, 4) is 0 Å². The lowest BCUT2D eigenvalue weighted by Crippen LogP contribution is -2.47. The second-order valence-electron chi connectivity index (χ2n) is 9.30. The van der Waals surface area contributed by atoms with Crippen LogP contribution in [0.1, 0.15) is 63.1 Å². The Morgan fingerprint density at radius 2 is 0.974 bits per heavy atom. The van der Waals surface area contributed by atoms with Gasteiger partial charge in [0.2, 0.25) is 0 Å². The van der Waals surface area contributed by atoms with Crippen molar-refractivity contribution < 1.29 is 19.1 Å². The van der Waals surface area contributed by atoms with Gasteiger partial charge >= 0.3 is 11.9 Å². The van der Waals surface area contributed by atoms with E-state index in [4.69, 9.17) is 9.47 Å². The summed E-state index contributed by atoms with van der Waals surface area (Å²) >= 11 is 0. The number of hydrogen-bond acceptors (Lipinski definition) is 10. The van der Waals surface area contributed by atoms with Gasteiger partial charge in [-0.1, -0.05) is 13.8 Å². The summed E-state index contributed by atoms with van der Waals surface area (Å²) in [6, 6.07) is 10.3. The van der Waals surface area contributed by atoms with Crippen molar-refractivity contribution in [2.24, 2.45) is 5.41 Å². The van der Waals surface area contributed by atoms with Crippen LogP contribution in [0.5, 0.6) is 0 Å². The van der Waals surface area contributed by atoms with Crippen LogP contribution in [0.15, 0.2) is 86.2 Å². The molecule has 4 aromatic heterocycles. The van der Waals surface area contributed by atoms with Gasteiger partial charge in [-0.15, -0.1) is 0 Å². The molecule has 0 radical (unpaired) electrons. The minimum absolute atomic E-state index is 0.146. The standard InChI is InChI=1S/C29H30N6O4/c1-5-29(6-2,25(36)38-27(3,21-7-13-30-14-8-21)23-11-17-32-19-34-23)26(37)39-28(4,22-9-15-31-16-10-22)24-12-18-33-20-35-24/h7-20H,5-6H2,1-4H3. The van der Waals surface area contributed by atoms with Gasteiger partial charge in [-0.05, 0) is 63.1 Å². The van der Waals surface area contributed by atoms with E-state index < -0.39 is 28.6 Å². The third-order valence-electron chi connectivity index (χ3n) is 7.19. The lowest BCUT2D eigenvalue weighted by molar-refractivity contribution is -0.187. The Hall–Kier alpha value is -4.60. The summed E-state index contributed by atoms with van der Waals surface area (Å²) in [5.41, 5.74) is -2.06. The van der Waals surface area contributed by atoms with Crippen molar-refractivity contribution in [3.05, 3.63) is 109 Å². The molecule has 0 saturated carbocycles. The number of esters is 2. The third-order valence-corrected chi connectivity index (χ3v) is 7.19. The Morgan fingerprint density at radius 1 is 0.615 bits per heavy atom. The Morgan fingerprint density at radius 3 is 1.28 bits per heavy atom. The number of pyridine rings is 2. The Kier molecular flexibility index (Phi) is 8.04. The fourth-order valence-electron chi connectivity index (χ4n) is 4.48. The van der Waals surface area contributed by atoms with E-state index in [0.717, 1.165) is 0 Å². The summed E-state index contributed by atoms with van der Waals surface area (Å²) in [5.74, 6) is -1.45. The normalized spacial score (nSPS) is 14.5. The van der Waals surface area contributed by atoms with Gasteiger partial charge in [0.25, 0.3) is 0 Å². The number of carbonyl (C=O) groups is 2. The van der Waals surface area contributed by atoms with E-state index in [9.17, 15) is 9.59 Å². The first-order valence-electron chi connectivity index (χ1n) is 12.6. The van der Waals surface area contributed by atoms with Crippen molar-refractivity contribution in [3.63, 3.8) is 0 Å². The zero-order valence-corrected chi connectivity index (χ0v) is 22.3. The molecule has 0 bridgehead atoms. The maximum absolute atomic E-state index is 14.1. The molecule has 39 heavy (non-hydrogen) atoms. The SMILES string of the molecule is CCC(CC)(C(=O)OC(C)(c1ccncc1)c1ccncn1)C(=O)OC(C)(c1ccncc1)c1ccncn1. The van der Waals surface area contributed by atoms with E-state index in [1.807, 2.05) is 0 Å². The zero-order chi connectivity index (χ0) is 27.9. The molecular weight excluding hydrogens is 496 g/mol. The fourth-order valence-corrected chi connectivity index (χ4v) is 4.48. The Bertz CT molecular complexity index is 1200. The molecule has 0 aromatic carbocycles. The number of ether oxygens (including phenoxy) is 2. The van der Waals surface area contributed by atoms with Crippen LogP contribution in [0.25, 0.3) is 0 Å². The maximum Gasteiger partial charge on any atom is 0.324 e. The molecule has 4 aromatic rings. The van der Waals surface area contributed by atoms with Crippen molar-refractivity contribution in [2.45, 2.75) is 51.7 Å². The average Bonchev–Trinajstić information content (AvgIpc) is 2.99. The molecule has 200 valence electrons. The molecule has 0 spiro atoms. The summed E-state index contributed by atoms with van der Waals surface area (Å²) in [4.78, 5) is 53.0. The number of hydrogen-bond donors (Lipinski definition) is 0. The van der Waals surface area contributed by atoms with Crippen LogP contribution in [0.4, 0.5) is 0 Å². The molecule has 2 atom stereocenters. The van der Waals surface area contributed by atoms with Crippen LogP contribution in [-0.4, -0.2) is 41.8 Å². The molecule has 2 unspecified atom stereocenters. The van der Waals surface area contributed by atoms with Gasteiger partial charge in [0.05, 0.1) is 11.4 Å². The predicted octanol–water partition coefficient (Wildman–Crippen LogP) is 4.18. The highest BCUT2D eigenvalue weighted by Crippen LogP contribution is 2.41. The molecule has 4 heterocycles. The van der Waals surface area contributed by atoms with E-state index in [1.165, 1.54) is 12.7 Å². The van der Waals surface area contributed by atoms with Crippen molar-refractivity contribution >= 4 is 11.9 Å². The molecule has 0 aliphatic carbocycles. The molecular formula is C29H30N6O4. The van der Waals surface area contributed by atoms with Gasteiger partial charge in [-0.25, -0.2) is 19.9 Å². The maximum atomic E-state index is 14.1. The topological polar surface area (TPSA) is 130 Å². The lowest BCUT2D eigenvalue weighted by atomic mass is 9.81. The average molecular weight is 527 g/mol. The lowest BCUT2D eigenvalue weighted by Gasteiger charge is -2.37. The molecule has 4 rings (SSSR count). The van der Waals surface area contributed by atoms with E-state index in [0.29, 0.717) is 22.5 Å². The largest absolute Gasteiger partial charge is 0.447 e. The van der Waals surface area contributed by atoms with Gasteiger partial charge in [-0.3, -0.25) is 19.6 Å².